The van der Waals surface area contributed by atoms with Gasteiger partial charge < -0.3 is 14.7 Å². The third-order valence-corrected chi connectivity index (χ3v) is 5.53. The minimum absolute atomic E-state index is 0.0177. The molecule has 7 nitrogen and oxygen atoms in total. The zero-order valence-electron chi connectivity index (χ0n) is 12.5. The van der Waals surface area contributed by atoms with Gasteiger partial charge in [0.05, 0.1) is 4.90 Å². The second kappa shape index (κ2) is 6.48. The summed E-state index contributed by atoms with van der Waals surface area (Å²) in [6.07, 6.45) is -5.99. The minimum atomic E-state index is -4.86. The average Bonchev–Trinajstić information content (AvgIpc) is 2.45. The predicted molar refractivity (Wildman–Crippen MR) is 76.1 cm³/mol. The fourth-order valence-electron chi connectivity index (χ4n) is 2.42. The number of amides is 1. The standard InChI is InChI=1S/C13H15F3N2O5S/c1-9-8-17(12(19)20)6-7-18(9)24(21,22)11-4-2-10(3-5-11)23-13(14,15)16/h2-5,9H,6-8H2,1H3,(H,19,20)/t9-/m1/s1. The van der Waals surface area contributed by atoms with Crippen molar-refractivity contribution >= 4 is 16.1 Å². The van der Waals surface area contributed by atoms with E-state index >= 15 is 0 Å². The quantitative estimate of drug-likeness (QED) is 0.881. The van der Waals surface area contributed by atoms with Gasteiger partial charge in [0.25, 0.3) is 0 Å². The van der Waals surface area contributed by atoms with Crippen LogP contribution in [0, 0.1) is 0 Å². The van der Waals surface area contributed by atoms with E-state index in [1.165, 1.54) is 0 Å². The first-order chi connectivity index (χ1) is 11.0. The molecule has 134 valence electrons. The molecule has 1 atom stereocenters. The molecule has 1 fully saturated rings. The lowest BCUT2D eigenvalue weighted by molar-refractivity contribution is -0.274. The number of carboxylic acid groups (broad SMARTS) is 1. The third kappa shape index (κ3) is 4.09. The summed E-state index contributed by atoms with van der Waals surface area (Å²) in [5.74, 6) is -0.523. The number of halogens is 3. The van der Waals surface area contributed by atoms with Gasteiger partial charge in [-0.3, -0.25) is 0 Å². The second-order valence-electron chi connectivity index (χ2n) is 5.21. The van der Waals surface area contributed by atoms with E-state index in [1.54, 1.807) is 6.92 Å². The first-order valence-electron chi connectivity index (χ1n) is 6.86. The first kappa shape index (κ1) is 18.3. The van der Waals surface area contributed by atoms with Crippen LogP contribution in [0.1, 0.15) is 6.92 Å². The number of alkyl halides is 3. The molecule has 0 unspecified atom stereocenters. The Morgan fingerprint density at radius 1 is 1.25 bits per heavy atom. The van der Waals surface area contributed by atoms with Crippen molar-refractivity contribution in [1.82, 2.24) is 9.21 Å². The number of benzene rings is 1. The molecule has 1 aromatic carbocycles. The molecule has 1 aliphatic heterocycles. The number of hydrogen-bond acceptors (Lipinski definition) is 4. The molecule has 1 aromatic rings. The van der Waals surface area contributed by atoms with Gasteiger partial charge in [0.1, 0.15) is 5.75 Å². The highest BCUT2D eigenvalue weighted by molar-refractivity contribution is 7.89. The third-order valence-electron chi connectivity index (χ3n) is 3.50. The molecule has 1 N–H and O–H groups in total. The van der Waals surface area contributed by atoms with E-state index in [1.807, 2.05) is 0 Å². The summed E-state index contributed by atoms with van der Waals surface area (Å²) in [6, 6.07) is 3.28. The molecule has 2 rings (SSSR count). The molecule has 0 radical (unpaired) electrons. The fraction of sp³-hybridized carbons (Fsp3) is 0.462. The highest BCUT2D eigenvalue weighted by Gasteiger charge is 2.35. The van der Waals surface area contributed by atoms with Crippen LogP contribution in [0.4, 0.5) is 18.0 Å². The molecule has 0 saturated carbocycles. The van der Waals surface area contributed by atoms with Crippen LogP contribution in [-0.2, 0) is 10.0 Å². The maximum absolute atomic E-state index is 12.6. The van der Waals surface area contributed by atoms with Crippen molar-refractivity contribution in [2.75, 3.05) is 19.6 Å². The van der Waals surface area contributed by atoms with Gasteiger partial charge in [0, 0.05) is 25.7 Å². The molecule has 1 amide bonds. The Balaban J connectivity index is 2.17. The highest BCUT2D eigenvalue weighted by Crippen LogP contribution is 2.26. The van der Waals surface area contributed by atoms with Crippen LogP contribution >= 0.6 is 0 Å². The van der Waals surface area contributed by atoms with Crippen LogP contribution in [0.15, 0.2) is 29.2 Å². The second-order valence-corrected chi connectivity index (χ2v) is 7.10. The van der Waals surface area contributed by atoms with Gasteiger partial charge in [-0.25, -0.2) is 13.2 Å². The topological polar surface area (TPSA) is 87.2 Å². The maximum atomic E-state index is 12.6. The summed E-state index contributed by atoms with van der Waals surface area (Å²) < 4.78 is 66.3. The summed E-state index contributed by atoms with van der Waals surface area (Å²) in [7, 11) is -3.94. The number of rotatable bonds is 3. The Hall–Kier alpha value is -2.01. The van der Waals surface area contributed by atoms with Crippen molar-refractivity contribution in [2.45, 2.75) is 24.2 Å². The van der Waals surface area contributed by atoms with Crippen molar-refractivity contribution in [2.24, 2.45) is 0 Å². The van der Waals surface area contributed by atoms with Gasteiger partial charge in [0.15, 0.2) is 0 Å². The van der Waals surface area contributed by atoms with E-state index in [0.717, 1.165) is 33.5 Å². The first-order valence-corrected chi connectivity index (χ1v) is 8.30. The summed E-state index contributed by atoms with van der Waals surface area (Å²) in [4.78, 5) is 11.9. The summed E-state index contributed by atoms with van der Waals surface area (Å²) in [6.45, 7) is 1.57. The van der Waals surface area contributed by atoms with Crippen LogP contribution in [0.3, 0.4) is 0 Å². The van der Waals surface area contributed by atoms with Crippen molar-refractivity contribution in [3.63, 3.8) is 0 Å². The van der Waals surface area contributed by atoms with E-state index in [9.17, 15) is 26.4 Å². The van der Waals surface area contributed by atoms with Crippen LogP contribution in [0.25, 0.3) is 0 Å². The van der Waals surface area contributed by atoms with Crippen LogP contribution in [-0.4, -0.2) is 60.9 Å². The lowest BCUT2D eigenvalue weighted by Crippen LogP contribution is -2.55. The van der Waals surface area contributed by atoms with Gasteiger partial charge in [-0.15, -0.1) is 13.2 Å². The van der Waals surface area contributed by atoms with E-state index in [0.29, 0.717) is 0 Å². The van der Waals surface area contributed by atoms with E-state index in [4.69, 9.17) is 5.11 Å². The van der Waals surface area contributed by atoms with Gasteiger partial charge in [-0.05, 0) is 31.2 Å². The van der Waals surface area contributed by atoms with Crippen molar-refractivity contribution in [3.05, 3.63) is 24.3 Å². The van der Waals surface area contributed by atoms with E-state index < -0.39 is 34.3 Å². The molecular formula is C13H15F3N2O5S. The molecule has 1 aliphatic rings. The predicted octanol–water partition coefficient (Wildman–Crippen LogP) is 1.96. The van der Waals surface area contributed by atoms with Gasteiger partial charge in [-0.1, -0.05) is 0 Å². The summed E-state index contributed by atoms with van der Waals surface area (Å²) in [5, 5.41) is 8.94. The molecular weight excluding hydrogens is 353 g/mol. The molecule has 24 heavy (non-hydrogen) atoms. The van der Waals surface area contributed by atoms with E-state index in [-0.39, 0.29) is 24.5 Å². The number of piperazine rings is 1. The summed E-state index contributed by atoms with van der Waals surface area (Å²) >= 11 is 0. The molecule has 11 heteroatoms. The molecule has 1 saturated heterocycles. The minimum Gasteiger partial charge on any atom is -0.465 e. The SMILES string of the molecule is C[C@@H]1CN(C(=O)O)CCN1S(=O)(=O)c1ccc(OC(F)(F)F)cc1. The lowest BCUT2D eigenvalue weighted by atomic mass is 10.2. The molecule has 1 heterocycles. The van der Waals surface area contributed by atoms with Crippen molar-refractivity contribution in [1.29, 1.82) is 0 Å². The number of ether oxygens (including phenoxy) is 1. The zero-order chi connectivity index (χ0) is 18.1. The Morgan fingerprint density at radius 3 is 2.29 bits per heavy atom. The number of carbonyl (C=O) groups is 1. The summed E-state index contributed by atoms with van der Waals surface area (Å²) in [5.41, 5.74) is 0. The normalized spacial score (nSPS) is 20.0. The zero-order valence-corrected chi connectivity index (χ0v) is 13.3. The van der Waals surface area contributed by atoms with E-state index in [2.05, 4.69) is 4.74 Å². The molecule has 0 bridgehead atoms. The number of hydrogen-bond donors (Lipinski definition) is 1. The van der Waals surface area contributed by atoms with Crippen molar-refractivity contribution < 1.29 is 36.2 Å². The molecule has 0 spiro atoms. The Morgan fingerprint density at radius 2 is 1.83 bits per heavy atom. The maximum Gasteiger partial charge on any atom is 0.573 e. The Kier molecular flexibility index (Phi) is 4.95. The van der Waals surface area contributed by atoms with Gasteiger partial charge in [0.2, 0.25) is 10.0 Å². The monoisotopic (exact) mass is 368 g/mol. The smallest absolute Gasteiger partial charge is 0.465 e. The van der Waals surface area contributed by atoms with Gasteiger partial charge >= 0.3 is 12.5 Å². The average molecular weight is 368 g/mol. The number of sulfonamides is 1. The Bertz CT molecular complexity index is 705. The van der Waals surface area contributed by atoms with Crippen LogP contribution in [0.2, 0.25) is 0 Å². The fourth-order valence-corrected chi connectivity index (χ4v) is 4.03. The van der Waals surface area contributed by atoms with Crippen LogP contribution < -0.4 is 4.74 Å². The van der Waals surface area contributed by atoms with Crippen molar-refractivity contribution in [3.8, 4) is 5.75 Å². The molecule has 0 aromatic heterocycles. The highest BCUT2D eigenvalue weighted by atomic mass is 32.2. The van der Waals surface area contributed by atoms with Gasteiger partial charge in [-0.2, -0.15) is 4.31 Å². The largest absolute Gasteiger partial charge is 0.573 e. The lowest BCUT2D eigenvalue weighted by Gasteiger charge is -2.37. The Labute approximate surface area is 136 Å². The number of nitrogens with zero attached hydrogens (tertiary/aromatic N) is 2. The molecule has 0 aliphatic carbocycles. The van der Waals surface area contributed by atoms with Crippen LogP contribution in [0.5, 0.6) is 5.75 Å².